The second-order valence-electron chi connectivity index (χ2n) is 11.7. The average Bonchev–Trinajstić information content (AvgIpc) is 3.36. The van der Waals surface area contributed by atoms with E-state index in [9.17, 15) is 89.0 Å². The summed E-state index contributed by atoms with van der Waals surface area (Å²) in [5.74, 6) is -53.8. The van der Waals surface area contributed by atoms with Crippen LogP contribution in [0.4, 0.5) is 71.5 Å². The number of nitrogens with zero attached hydrogens (tertiary/aromatic N) is 1. The number of furan rings is 1. The number of sulfonamides is 1. The summed E-state index contributed by atoms with van der Waals surface area (Å²) in [5, 5.41) is 10.4. The maximum absolute atomic E-state index is 14.4. The summed E-state index contributed by atoms with van der Waals surface area (Å²) >= 11 is 1.20. The van der Waals surface area contributed by atoms with Crippen molar-refractivity contribution in [1.82, 2.24) is 4.31 Å². The summed E-state index contributed by atoms with van der Waals surface area (Å²) in [4.78, 5) is 23.6. The van der Waals surface area contributed by atoms with Crippen LogP contribution in [0.5, 0.6) is 0 Å². The smallest absolute Gasteiger partial charge is 0.460 e. The van der Waals surface area contributed by atoms with Crippen molar-refractivity contribution in [2.24, 2.45) is 0 Å². The number of carboxylic acids is 1. The van der Waals surface area contributed by atoms with Crippen molar-refractivity contribution in [3.05, 3.63) is 36.4 Å². The summed E-state index contributed by atoms with van der Waals surface area (Å²) in [5.41, 5.74) is -1.74. The second kappa shape index (κ2) is 12.2. The molecule has 1 fully saturated rings. The van der Waals surface area contributed by atoms with Gasteiger partial charge in [-0.25, -0.2) is 8.42 Å². The molecule has 0 saturated carbocycles. The second-order valence-corrected chi connectivity index (χ2v) is 15.3. The van der Waals surface area contributed by atoms with Crippen molar-refractivity contribution in [3.8, 4) is 0 Å². The van der Waals surface area contributed by atoms with Crippen LogP contribution < -0.4 is 5.32 Å². The Morgan fingerprint density at radius 2 is 1.33 bits per heavy atom. The van der Waals surface area contributed by atoms with Gasteiger partial charge in [0.25, 0.3) is 0 Å². The number of benzene rings is 2. The molecule has 1 aliphatic heterocycles. The third-order valence-electron chi connectivity index (χ3n) is 7.89. The molecule has 8 nitrogen and oxygen atoms in total. The maximum Gasteiger partial charge on any atom is 0.460 e. The lowest BCUT2D eigenvalue weighted by atomic mass is 9.91. The van der Waals surface area contributed by atoms with Gasteiger partial charge in [-0.05, 0) is 44.2 Å². The molecule has 2 heterocycles. The molecule has 1 amide bonds. The van der Waals surface area contributed by atoms with Crippen LogP contribution in [0.1, 0.15) is 13.8 Å². The summed E-state index contributed by atoms with van der Waals surface area (Å²) < 4.78 is 235. The molecule has 2 aromatic carbocycles. The van der Waals surface area contributed by atoms with Crippen molar-refractivity contribution < 1.29 is 93.4 Å². The van der Waals surface area contributed by atoms with Gasteiger partial charge in [-0.2, -0.15) is 81.9 Å². The zero-order valence-electron chi connectivity index (χ0n) is 25.4. The van der Waals surface area contributed by atoms with Gasteiger partial charge in [-0.1, -0.05) is 0 Å². The number of nitrogens with one attached hydrogen (secondary N) is 1. The standard InChI is InChI=1S/C27H19F15N2O6S2/c1-20(2)17(18(45)46)44(7-8-51-20)52(48,49)12-4-6-15-14(10-12)13-5-3-11(9-16(13)50-15)43-19(47)21(28,29)22(30,31)23(32,33)24(34,35)25(36,37)26(38,39)27(40,41)42/h3-6,9-10,17H,7-8H2,1-2H3,(H,43,47)(H,45,46). The Labute approximate surface area is 284 Å². The number of thioether (sulfide) groups is 1. The molecule has 0 aliphatic carbocycles. The van der Waals surface area contributed by atoms with Crippen LogP contribution in [0.15, 0.2) is 45.7 Å². The lowest BCUT2D eigenvalue weighted by Gasteiger charge is -2.42. The highest BCUT2D eigenvalue weighted by atomic mass is 32.2. The number of anilines is 1. The van der Waals surface area contributed by atoms with E-state index in [1.165, 1.54) is 25.6 Å². The van der Waals surface area contributed by atoms with E-state index in [1.54, 1.807) is 0 Å². The molecule has 1 saturated heterocycles. The monoisotopic (exact) mass is 816 g/mol. The predicted molar refractivity (Wildman–Crippen MR) is 150 cm³/mol. The van der Waals surface area contributed by atoms with Crippen molar-refractivity contribution in [1.29, 1.82) is 0 Å². The largest absolute Gasteiger partial charge is 0.480 e. The number of halogens is 15. The van der Waals surface area contributed by atoms with Gasteiger partial charge >= 0.3 is 53.6 Å². The van der Waals surface area contributed by atoms with Crippen molar-refractivity contribution in [3.63, 3.8) is 0 Å². The third kappa shape index (κ3) is 5.89. The lowest BCUT2D eigenvalue weighted by Crippen LogP contribution is -2.73. The molecule has 1 atom stereocenters. The first kappa shape index (κ1) is 41.2. The minimum atomic E-state index is -8.57. The number of aliphatic carboxylic acids is 1. The number of hydrogen-bond acceptors (Lipinski definition) is 6. The van der Waals surface area contributed by atoms with Crippen LogP contribution in [-0.2, 0) is 19.6 Å². The van der Waals surface area contributed by atoms with Crippen molar-refractivity contribution >= 4 is 61.3 Å². The first-order chi connectivity index (χ1) is 23.2. The van der Waals surface area contributed by atoms with Gasteiger partial charge in [-0.15, -0.1) is 0 Å². The fourth-order valence-corrected chi connectivity index (χ4v) is 8.20. The number of hydrogen-bond donors (Lipinski definition) is 2. The Morgan fingerprint density at radius 3 is 1.87 bits per heavy atom. The Morgan fingerprint density at radius 1 is 0.788 bits per heavy atom. The van der Waals surface area contributed by atoms with Crippen molar-refractivity contribution in [2.75, 3.05) is 17.6 Å². The van der Waals surface area contributed by atoms with Gasteiger partial charge in [0.1, 0.15) is 17.2 Å². The highest BCUT2D eigenvalue weighted by Crippen LogP contribution is 2.62. The van der Waals surface area contributed by atoms with Crippen LogP contribution in [0.3, 0.4) is 0 Å². The van der Waals surface area contributed by atoms with Crippen LogP contribution in [0.25, 0.3) is 21.9 Å². The number of fused-ring (bicyclic) bond motifs is 3. The average molecular weight is 817 g/mol. The number of rotatable bonds is 10. The molecule has 0 radical (unpaired) electrons. The SMILES string of the molecule is CC1(C)SCCN(S(=O)(=O)c2ccc3oc4cc(NC(=O)C(F)(F)C(F)(F)C(F)(F)C(F)(F)C(F)(F)C(F)(F)C(F)(F)F)ccc4c3c2)C1C(=O)O. The lowest BCUT2D eigenvalue weighted by molar-refractivity contribution is -0.449. The van der Waals surface area contributed by atoms with E-state index in [1.807, 2.05) is 0 Å². The van der Waals surface area contributed by atoms with E-state index < -0.39 is 90.6 Å². The summed E-state index contributed by atoms with van der Waals surface area (Å²) in [6.07, 6.45) is -7.77. The van der Waals surface area contributed by atoms with Gasteiger partial charge in [0.2, 0.25) is 10.0 Å². The highest BCUT2D eigenvalue weighted by molar-refractivity contribution is 8.01. The van der Waals surface area contributed by atoms with Gasteiger partial charge in [-0.3, -0.25) is 9.59 Å². The van der Waals surface area contributed by atoms with Gasteiger partial charge in [0.15, 0.2) is 0 Å². The molecule has 1 aliphatic rings. The molecule has 4 rings (SSSR count). The van der Waals surface area contributed by atoms with E-state index >= 15 is 0 Å². The molecule has 2 N–H and O–H groups in total. The topological polar surface area (TPSA) is 117 Å². The van der Waals surface area contributed by atoms with E-state index in [0.717, 1.165) is 33.9 Å². The molecule has 0 spiro atoms. The normalized spacial score (nSPS) is 18.9. The number of carboxylic acid groups (broad SMARTS) is 1. The zero-order valence-corrected chi connectivity index (χ0v) is 27.0. The molecule has 0 bridgehead atoms. The quantitative estimate of drug-likeness (QED) is 0.200. The number of carbonyl (C=O) groups is 2. The molecular weight excluding hydrogens is 797 g/mol. The highest BCUT2D eigenvalue weighted by Gasteiger charge is 2.94. The minimum absolute atomic E-state index is 0.0678. The summed E-state index contributed by atoms with van der Waals surface area (Å²) in [7, 11) is -4.54. The first-order valence-electron chi connectivity index (χ1n) is 13.7. The Bertz CT molecular complexity index is 2030. The molecule has 3 aromatic rings. The fourth-order valence-electron chi connectivity index (χ4n) is 5.08. The summed E-state index contributed by atoms with van der Waals surface area (Å²) in [6, 6.07) is 3.43. The number of amides is 1. The van der Waals surface area contributed by atoms with E-state index in [2.05, 4.69) is 0 Å². The number of alkyl halides is 15. The van der Waals surface area contributed by atoms with E-state index in [-0.39, 0.29) is 28.7 Å². The zero-order chi connectivity index (χ0) is 40.1. The molecule has 290 valence electrons. The maximum atomic E-state index is 14.4. The van der Waals surface area contributed by atoms with Crippen LogP contribution in [0, 0.1) is 0 Å². The first-order valence-corrected chi connectivity index (χ1v) is 16.1. The van der Waals surface area contributed by atoms with Gasteiger partial charge in [0.05, 0.1) is 4.90 Å². The van der Waals surface area contributed by atoms with Crippen LogP contribution in [0.2, 0.25) is 0 Å². The van der Waals surface area contributed by atoms with Gasteiger partial charge in [0, 0.05) is 39.6 Å². The van der Waals surface area contributed by atoms with E-state index in [0.29, 0.717) is 12.1 Å². The Kier molecular flexibility index (Phi) is 9.66. The fraction of sp³-hybridized carbons (Fsp3) is 0.481. The summed E-state index contributed by atoms with van der Waals surface area (Å²) in [6.45, 7) is 2.81. The molecule has 52 heavy (non-hydrogen) atoms. The Balaban J connectivity index is 1.67. The van der Waals surface area contributed by atoms with Gasteiger partial charge < -0.3 is 14.8 Å². The molecule has 1 unspecified atom stereocenters. The molecule has 1 aromatic heterocycles. The van der Waals surface area contributed by atoms with Crippen molar-refractivity contribution in [2.45, 2.75) is 71.2 Å². The predicted octanol–water partition coefficient (Wildman–Crippen LogP) is 7.87. The Hall–Kier alpha value is -3.61. The third-order valence-corrected chi connectivity index (χ3v) is 11.1. The molecular formula is C27H19F15N2O6S2. The molecule has 25 heteroatoms. The minimum Gasteiger partial charge on any atom is -0.480 e. The van der Waals surface area contributed by atoms with E-state index in [4.69, 9.17) is 4.42 Å². The van der Waals surface area contributed by atoms with Crippen LogP contribution >= 0.6 is 11.8 Å². The number of carbonyl (C=O) groups excluding carboxylic acids is 1. The van der Waals surface area contributed by atoms with Crippen LogP contribution in [-0.4, -0.2) is 94.5 Å².